The number of hydrogen-bond acceptors (Lipinski definition) is 1. The Kier molecular flexibility index (Phi) is 2.99. The molecular formula is C10H14ClN. The van der Waals surface area contributed by atoms with Crippen LogP contribution in [0.4, 0.5) is 5.69 Å². The summed E-state index contributed by atoms with van der Waals surface area (Å²) in [5.41, 5.74) is 9.70. The Morgan fingerprint density at radius 1 is 1.08 bits per heavy atom. The second-order valence-electron chi connectivity index (χ2n) is 3.19. The third kappa shape index (κ3) is 1.56. The first-order valence-electron chi connectivity index (χ1n) is 4.24. The largest absolute Gasteiger partial charge is 0.398 e. The van der Waals surface area contributed by atoms with Gasteiger partial charge in [0.2, 0.25) is 0 Å². The monoisotopic (exact) mass is 183 g/mol. The SMILES string of the molecule is Cl.Nc1cccc2c1CCCC2. The van der Waals surface area contributed by atoms with E-state index >= 15 is 0 Å². The fourth-order valence-electron chi connectivity index (χ4n) is 1.81. The predicted octanol–water partition coefficient (Wildman–Crippen LogP) is 2.57. The van der Waals surface area contributed by atoms with Crippen LogP contribution in [0.5, 0.6) is 0 Å². The maximum absolute atomic E-state index is 5.84. The van der Waals surface area contributed by atoms with Crippen molar-refractivity contribution in [3.8, 4) is 0 Å². The highest BCUT2D eigenvalue weighted by Gasteiger charge is 2.09. The van der Waals surface area contributed by atoms with Gasteiger partial charge in [-0.05, 0) is 42.9 Å². The molecule has 2 N–H and O–H groups in total. The number of anilines is 1. The zero-order chi connectivity index (χ0) is 7.68. The molecule has 0 unspecified atom stereocenters. The maximum atomic E-state index is 5.84. The Bertz CT molecular complexity index is 271. The van der Waals surface area contributed by atoms with Gasteiger partial charge in [-0.3, -0.25) is 0 Å². The quantitative estimate of drug-likeness (QED) is 0.615. The molecule has 0 amide bonds. The number of fused-ring (bicyclic) bond motifs is 1. The van der Waals surface area contributed by atoms with Crippen molar-refractivity contribution in [2.45, 2.75) is 25.7 Å². The fourth-order valence-corrected chi connectivity index (χ4v) is 1.81. The van der Waals surface area contributed by atoms with E-state index in [0.717, 1.165) is 5.69 Å². The van der Waals surface area contributed by atoms with Crippen LogP contribution in [-0.2, 0) is 12.8 Å². The molecule has 1 aromatic carbocycles. The second kappa shape index (κ2) is 3.81. The van der Waals surface area contributed by atoms with Crippen LogP contribution >= 0.6 is 12.4 Å². The van der Waals surface area contributed by atoms with Gasteiger partial charge in [-0.1, -0.05) is 12.1 Å². The number of rotatable bonds is 0. The molecule has 0 spiro atoms. The van der Waals surface area contributed by atoms with Gasteiger partial charge in [0.15, 0.2) is 0 Å². The summed E-state index contributed by atoms with van der Waals surface area (Å²) in [7, 11) is 0. The van der Waals surface area contributed by atoms with Crippen molar-refractivity contribution in [2.75, 3.05) is 5.73 Å². The molecule has 0 fully saturated rings. The molecule has 2 rings (SSSR count). The topological polar surface area (TPSA) is 26.0 Å². The number of nitrogens with two attached hydrogens (primary N) is 1. The molecule has 1 nitrogen and oxygen atoms in total. The minimum Gasteiger partial charge on any atom is -0.398 e. The molecule has 0 aromatic heterocycles. The van der Waals surface area contributed by atoms with Gasteiger partial charge < -0.3 is 5.73 Å². The summed E-state index contributed by atoms with van der Waals surface area (Å²) < 4.78 is 0. The van der Waals surface area contributed by atoms with E-state index in [0.29, 0.717) is 0 Å². The van der Waals surface area contributed by atoms with Crippen LogP contribution in [0.1, 0.15) is 24.0 Å². The average molecular weight is 184 g/mol. The van der Waals surface area contributed by atoms with Gasteiger partial charge in [0, 0.05) is 5.69 Å². The predicted molar refractivity (Wildman–Crippen MR) is 54.7 cm³/mol. The first-order valence-corrected chi connectivity index (χ1v) is 4.24. The average Bonchev–Trinajstić information content (AvgIpc) is 2.06. The second-order valence-corrected chi connectivity index (χ2v) is 3.19. The molecule has 0 heterocycles. The smallest absolute Gasteiger partial charge is 0.0349 e. The molecule has 12 heavy (non-hydrogen) atoms. The lowest BCUT2D eigenvalue weighted by Gasteiger charge is -2.16. The van der Waals surface area contributed by atoms with Crippen molar-refractivity contribution in [2.24, 2.45) is 0 Å². The van der Waals surface area contributed by atoms with Crippen molar-refractivity contribution in [1.29, 1.82) is 0 Å². The molecule has 0 aliphatic heterocycles. The molecule has 2 heteroatoms. The van der Waals surface area contributed by atoms with Crippen molar-refractivity contribution in [3.05, 3.63) is 29.3 Å². The Morgan fingerprint density at radius 3 is 2.58 bits per heavy atom. The Balaban J connectivity index is 0.000000720. The van der Waals surface area contributed by atoms with Crippen LogP contribution in [0.25, 0.3) is 0 Å². The minimum atomic E-state index is 0. The third-order valence-corrected chi connectivity index (χ3v) is 2.43. The molecule has 0 saturated heterocycles. The fraction of sp³-hybridized carbons (Fsp3) is 0.400. The normalized spacial score (nSPS) is 14.7. The molecule has 1 aromatic rings. The first-order chi connectivity index (χ1) is 5.38. The van der Waals surface area contributed by atoms with Gasteiger partial charge in [-0.15, -0.1) is 12.4 Å². The highest BCUT2D eigenvalue weighted by atomic mass is 35.5. The van der Waals surface area contributed by atoms with E-state index in [2.05, 4.69) is 12.1 Å². The summed E-state index contributed by atoms with van der Waals surface area (Å²) in [6, 6.07) is 6.26. The van der Waals surface area contributed by atoms with Gasteiger partial charge in [-0.25, -0.2) is 0 Å². The summed E-state index contributed by atoms with van der Waals surface area (Å²) in [4.78, 5) is 0. The Hall–Kier alpha value is -0.690. The summed E-state index contributed by atoms with van der Waals surface area (Å²) in [6.07, 6.45) is 5.04. The lowest BCUT2D eigenvalue weighted by molar-refractivity contribution is 0.687. The van der Waals surface area contributed by atoms with Crippen LogP contribution in [0.2, 0.25) is 0 Å². The number of aryl methyl sites for hydroxylation is 1. The first kappa shape index (κ1) is 9.40. The standard InChI is InChI=1S/C10H13N.ClH/c11-10-7-3-5-8-4-1-2-6-9(8)10;/h3,5,7H,1-2,4,6,11H2;1H. The van der Waals surface area contributed by atoms with Gasteiger partial charge in [0.1, 0.15) is 0 Å². The molecule has 1 aliphatic rings. The lowest BCUT2D eigenvalue weighted by atomic mass is 9.91. The van der Waals surface area contributed by atoms with E-state index in [1.807, 2.05) is 6.07 Å². The van der Waals surface area contributed by atoms with Crippen LogP contribution < -0.4 is 5.73 Å². The molecule has 1 aliphatic carbocycles. The number of benzene rings is 1. The van der Waals surface area contributed by atoms with Crippen LogP contribution in [0.15, 0.2) is 18.2 Å². The zero-order valence-corrected chi connectivity index (χ0v) is 7.86. The van der Waals surface area contributed by atoms with E-state index in [9.17, 15) is 0 Å². The van der Waals surface area contributed by atoms with E-state index in [-0.39, 0.29) is 12.4 Å². The minimum absolute atomic E-state index is 0. The molecule has 66 valence electrons. The van der Waals surface area contributed by atoms with Crippen molar-refractivity contribution in [1.82, 2.24) is 0 Å². The Morgan fingerprint density at radius 2 is 1.83 bits per heavy atom. The van der Waals surface area contributed by atoms with Crippen LogP contribution in [0, 0.1) is 0 Å². The highest BCUT2D eigenvalue weighted by molar-refractivity contribution is 5.85. The number of halogens is 1. The van der Waals surface area contributed by atoms with E-state index < -0.39 is 0 Å². The maximum Gasteiger partial charge on any atom is 0.0349 e. The van der Waals surface area contributed by atoms with E-state index in [1.165, 1.54) is 36.8 Å². The molecule has 0 bridgehead atoms. The molecule has 0 atom stereocenters. The van der Waals surface area contributed by atoms with Crippen LogP contribution in [0.3, 0.4) is 0 Å². The highest BCUT2D eigenvalue weighted by Crippen LogP contribution is 2.25. The van der Waals surface area contributed by atoms with E-state index in [1.54, 1.807) is 0 Å². The lowest BCUT2D eigenvalue weighted by Crippen LogP contribution is -2.05. The third-order valence-electron chi connectivity index (χ3n) is 2.43. The van der Waals surface area contributed by atoms with Gasteiger partial charge >= 0.3 is 0 Å². The van der Waals surface area contributed by atoms with Crippen LogP contribution in [-0.4, -0.2) is 0 Å². The summed E-state index contributed by atoms with van der Waals surface area (Å²) in [5, 5.41) is 0. The Labute approximate surface area is 79.4 Å². The summed E-state index contributed by atoms with van der Waals surface area (Å²) >= 11 is 0. The summed E-state index contributed by atoms with van der Waals surface area (Å²) in [5.74, 6) is 0. The summed E-state index contributed by atoms with van der Waals surface area (Å²) in [6.45, 7) is 0. The molecule has 0 radical (unpaired) electrons. The van der Waals surface area contributed by atoms with Crippen molar-refractivity contribution >= 4 is 18.1 Å². The van der Waals surface area contributed by atoms with Gasteiger partial charge in [0.25, 0.3) is 0 Å². The number of nitrogen functional groups attached to an aromatic ring is 1. The van der Waals surface area contributed by atoms with E-state index in [4.69, 9.17) is 5.73 Å². The molecular weight excluding hydrogens is 170 g/mol. The van der Waals surface area contributed by atoms with Crippen molar-refractivity contribution < 1.29 is 0 Å². The zero-order valence-electron chi connectivity index (χ0n) is 7.05. The van der Waals surface area contributed by atoms with Gasteiger partial charge in [0.05, 0.1) is 0 Å². The molecule has 0 saturated carbocycles. The van der Waals surface area contributed by atoms with Crippen molar-refractivity contribution in [3.63, 3.8) is 0 Å². The van der Waals surface area contributed by atoms with Gasteiger partial charge in [-0.2, -0.15) is 0 Å². The number of hydrogen-bond donors (Lipinski definition) is 1.